The van der Waals surface area contributed by atoms with Crippen molar-refractivity contribution in [2.45, 2.75) is 71.3 Å². The number of nitrogens with one attached hydrogen (secondary N) is 2. The molecule has 37 heavy (non-hydrogen) atoms. The third kappa shape index (κ3) is 7.53. The average Bonchev–Trinajstić information content (AvgIpc) is 2.90. The van der Waals surface area contributed by atoms with E-state index in [1.807, 2.05) is 6.92 Å². The molecule has 2 fully saturated rings. The lowest BCUT2D eigenvalue weighted by Gasteiger charge is -2.46. The summed E-state index contributed by atoms with van der Waals surface area (Å²) in [5, 5.41) is 5.60. The summed E-state index contributed by atoms with van der Waals surface area (Å²) in [5.41, 5.74) is 0.880. The summed E-state index contributed by atoms with van der Waals surface area (Å²) in [6.45, 7) is 4.69. The number of carbonyl (C=O) groups excluding carboxylic acids is 5. The Morgan fingerprint density at radius 3 is 2.43 bits per heavy atom. The first kappa shape index (κ1) is 28.1. The molecule has 0 aromatic heterocycles. The topological polar surface area (TPSA) is 125 Å². The van der Waals surface area contributed by atoms with Gasteiger partial charge in [-0.2, -0.15) is 0 Å². The number of unbranched alkanes of at least 4 members (excludes halogenated alkanes) is 1. The molecule has 1 aromatic carbocycles. The Bertz CT molecular complexity index is 980. The summed E-state index contributed by atoms with van der Waals surface area (Å²) in [6, 6.07) is 5.62. The zero-order chi connectivity index (χ0) is 26.8. The van der Waals surface area contributed by atoms with E-state index in [1.165, 1.54) is 9.80 Å². The number of imide groups is 1. The van der Waals surface area contributed by atoms with Crippen molar-refractivity contribution in [2.24, 2.45) is 5.92 Å². The van der Waals surface area contributed by atoms with Crippen LogP contribution in [-0.2, 0) is 19.1 Å². The molecule has 1 aliphatic heterocycles. The number of fused-ring (bicyclic) bond motifs is 1. The number of benzene rings is 1. The molecule has 2 atom stereocenters. The fourth-order valence-corrected chi connectivity index (χ4v) is 4.92. The van der Waals surface area contributed by atoms with Crippen LogP contribution in [0, 0.1) is 5.92 Å². The van der Waals surface area contributed by atoms with Crippen LogP contribution in [-0.4, -0.2) is 71.8 Å². The van der Waals surface area contributed by atoms with Crippen LogP contribution < -0.4 is 10.6 Å². The molecule has 3 rings (SSSR count). The van der Waals surface area contributed by atoms with E-state index in [-0.39, 0.29) is 49.4 Å². The second-order valence-electron chi connectivity index (χ2n) is 9.51. The van der Waals surface area contributed by atoms with Crippen LogP contribution in [0.15, 0.2) is 24.3 Å². The highest BCUT2D eigenvalue weighted by Crippen LogP contribution is 2.34. The molecule has 1 aliphatic carbocycles. The largest absolute Gasteiger partial charge is 0.462 e. The van der Waals surface area contributed by atoms with E-state index in [9.17, 15) is 24.0 Å². The Kier molecular flexibility index (Phi) is 10.5. The molecule has 1 saturated heterocycles. The summed E-state index contributed by atoms with van der Waals surface area (Å²) < 4.78 is 4.97. The number of carbonyl (C=O) groups is 5. The van der Waals surface area contributed by atoms with Crippen LogP contribution in [0.25, 0.3) is 0 Å². The van der Waals surface area contributed by atoms with Crippen molar-refractivity contribution < 1.29 is 28.7 Å². The lowest BCUT2D eigenvalue weighted by Crippen LogP contribution is -2.63. The van der Waals surface area contributed by atoms with Crippen LogP contribution in [0.1, 0.15) is 75.6 Å². The standard InChI is InChI=1S/C27H38N4O6/c1-3-16-28-23(32)11-7-8-17-30-25(34)21-9-5-6-10-22(21)31(27(30)36)18-24(33)29-20-14-12-19(13-15-20)26(35)37-4-2/h12-15,21-22H,3-11,16-18H2,1-2H3,(H,28,32)(H,29,33). The van der Waals surface area contributed by atoms with Crippen LogP contribution in [0.5, 0.6) is 0 Å². The molecule has 5 amide bonds. The van der Waals surface area contributed by atoms with Gasteiger partial charge in [-0.1, -0.05) is 19.8 Å². The Morgan fingerprint density at radius 1 is 1.00 bits per heavy atom. The molecule has 1 saturated carbocycles. The molecule has 0 radical (unpaired) electrons. The van der Waals surface area contributed by atoms with Gasteiger partial charge in [-0.3, -0.25) is 19.3 Å². The lowest BCUT2D eigenvalue weighted by molar-refractivity contribution is -0.141. The number of hydrogen-bond donors (Lipinski definition) is 2. The van der Waals surface area contributed by atoms with Crippen molar-refractivity contribution in [3.05, 3.63) is 29.8 Å². The first-order valence-electron chi connectivity index (χ1n) is 13.3. The highest BCUT2D eigenvalue weighted by atomic mass is 16.5. The van der Waals surface area contributed by atoms with E-state index in [4.69, 9.17) is 4.74 Å². The van der Waals surface area contributed by atoms with Crippen molar-refractivity contribution >= 4 is 35.4 Å². The summed E-state index contributed by atoms with van der Waals surface area (Å²) >= 11 is 0. The molecule has 1 heterocycles. The van der Waals surface area contributed by atoms with E-state index in [2.05, 4.69) is 10.6 Å². The van der Waals surface area contributed by atoms with E-state index < -0.39 is 12.0 Å². The van der Waals surface area contributed by atoms with Gasteiger partial charge in [0.05, 0.1) is 18.1 Å². The molecule has 202 valence electrons. The van der Waals surface area contributed by atoms with Gasteiger partial charge < -0.3 is 20.3 Å². The smallest absolute Gasteiger partial charge is 0.338 e. The predicted molar refractivity (Wildman–Crippen MR) is 138 cm³/mol. The molecule has 10 nitrogen and oxygen atoms in total. The third-order valence-corrected chi connectivity index (χ3v) is 6.79. The quantitative estimate of drug-likeness (QED) is 0.326. The minimum absolute atomic E-state index is 0.0286. The van der Waals surface area contributed by atoms with Gasteiger partial charge in [0.1, 0.15) is 6.54 Å². The van der Waals surface area contributed by atoms with Gasteiger partial charge in [0, 0.05) is 31.2 Å². The number of hydrogen-bond acceptors (Lipinski definition) is 6. The number of nitrogens with zero attached hydrogens (tertiary/aromatic N) is 2. The maximum Gasteiger partial charge on any atom is 0.338 e. The van der Waals surface area contributed by atoms with Gasteiger partial charge in [-0.15, -0.1) is 0 Å². The van der Waals surface area contributed by atoms with E-state index in [0.717, 1.165) is 19.3 Å². The maximum absolute atomic E-state index is 13.3. The fourth-order valence-electron chi connectivity index (χ4n) is 4.92. The van der Waals surface area contributed by atoms with Crippen LogP contribution in [0.3, 0.4) is 0 Å². The predicted octanol–water partition coefficient (Wildman–Crippen LogP) is 3.32. The molecule has 2 unspecified atom stereocenters. The molecule has 2 aliphatic rings. The number of amides is 5. The number of urea groups is 1. The summed E-state index contributed by atoms with van der Waals surface area (Å²) in [4.78, 5) is 65.9. The number of anilines is 1. The summed E-state index contributed by atoms with van der Waals surface area (Å²) in [6.07, 6.45) is 5.53. The summed E-state index contributed by atoms with van der Waals surface area (Å²) in [5.74, 6) is -1.32. The Balaban J connectivity index is 1.61. The van der Waals surface area contributed by atoms with Gasteiger partial charge in [0.2, 0.25) is 17.7 Å². The number of ether oxygens (including phenoxy) is 1. The first-order chi connectivity index (χ1) is 17.8. The minimum atomic E-state index is -0.448. The van der Waals surface area contributed by atoms with Gasteiger partial charge in [-0.05, 0) is 63.3 Å². The van der Waals surface area contributed by atoms with Crippen molar-refractivity contribution in [3.63, 3.8) is 0 Å². The SMILES string of the molecule is CCCNC(=O)CCCCN1C(=O)C2CCCCC2N(CC(=O)Nc2ccc(C(=O)OCC)cc2)C1=O. The molecule has 10 heteroatoms. The van der Waals surface area contributed by atoms with E-state index in [1.54, 1.807) is 31.2 Å². The highest BCUT2D eigenvalue weighted by Gasteiger charge is 2.47. The van der Waals surface area contributed by atoms with Gasteiger partial charge >= 0.3 is 12.0 Å². The summed E-state index contributed by atoms with van der Waals surface area (Å²) in [7, 11) is 0. The second-order valence-corrected chi connectivity index (χ2v) is 9.51. The zero-order valence-corrected chi connectivity index (χ0v) is 21.8. The molecular formula is C27H38N4O6. The van der Waals surface area contributed by atoms with E-state index in [0.29, 0.717) is 49.9 Å². The van der Waals surface area contributed by atoms with Crippen molar-refractivity contribution in [3.8, 4) is 0 Å². The number of esters is 1. The number of rotatable bonds is 12. The second kappa shape index (κ2) is 13.8. The van der Waals surface area contributed by atoms with Crippen LogP contribution >= 0.6 is 0 Å². The molecule has 0 spiro atoms. The normalized spacial score (nSPS) is 19.3. The monoisotopic (exact) mass is 514 g/mol. The van der Waals surface area contributed by atoms with E-state index >= 15 is 0 Å². The van der Waals surface area contributed by atoms with Gasteiger partial charge in [-0.25, -0.2) is 9.59 Å². The fraction of sp³-hybridized carbons (Fsp3) is 0.593. The third-order valence-electron chi connectivity index (χ3n) is 6.79. The molecule has 0 bridgehead atoms. The molecular weight excluding hydrogens is 476 g/mol. The van der Waals surface area contributed by atoms with Gasteiger partial charge in [0.15, 0.2) is 0 Å². The minimum Gasteiger partial charge on any atom is -0.462 e. The Morgan fingerprint density at radius 2 is 1.73 bits per heavy atom. The van der Waals surface area contributed by atoms with Crippen LogP contribution in [0.2, 0.25) is 0 Å². The lowest BCUT2D eigenvalue weighted by atomic mass is 9.81. The average molecular weight is 515 g/mol. The zero-order valence-electron chi connectivity index (χ0n) is 21.8. The van der Waals surface area contributed by atoms with Gasteiger partial charge in [0.25, 0.3) is 0 Å². The van der Waals surface area contributed by atoms with Crippen LogP contribution in [0.4, 0.5) is 10.5 Å². The first-order valence-corrected chi connectivity index (χ1v) is 13.3. The Hall–Kier alpha value is -3.43. The molecule has 1 aromatic rings. The van der Waals surface area contributed by atoms with Crippen molar-refractivity contribution in [1.29, 1.82) is 0 Å². The Labute approximate surface area is 218 Å². The van der Waals surface area contributed by atoms with Crippen molar-refractivity contribution in [1.82, 2.24) is 15.1 Å². The molecule has 2 N–H and O–H groups in total. The maximum atomic E-state index is 13.3. The highest BCUT2D eigenvalue weighted by molar-refractivity contribution is 6.01. The van der Waals surface area contributed by atoms with Crippen molar-refractivity contribution in [2.75, 3.05) is 31.6 Å².